The zero-order valence-corrected chi connectivity index (χ0v) is 9.52. The maximum atomic E-state index is 11.5. The Labute approximate surface area is 94.1 Å². The Bertz CT molecular complexity index is 269. The van der Waals surface area contributed by atoms with Crippen LogP contribution >= 0.6 is 0 Å². The van der Waals surface area contributed by atoms with Crippen molar-refractivity contribution < 1.29 is 23.9 Å². The summed E-state index contributed by atoms with van der Waals surface area (Å²) in [6, 6.07) is 0. The van der Waals surface area contributed by atoms with Gasteiger partial charge in [0.2, 0.25) is 0 Å². The topological polar surface area (TPSA) is 69.7 Å². The molecule has 5 heteroatoms. The highest BCUT2D eigenvalue weighted by Crippen LogP contribution is 2.31. The van der Waals surface area contributed by atoms with Crippen molar-refractivity contribution in [3.63, 3.8) is 0 Å². The first-order valence-electron chi connectivity index (χ1n) is 5.45. The second-order valence-electron chi connectivity index (χ2n) is 3.66. The molecule has 0 aliphatic heterocycles. The van der Waals surface area contributed by atoms with Crippen LogP contribution in [0.5, 0.6) is 0 Å². The van der Waals surface area contributed by atoms with Crippen LogP contribution in [0.2, 0.25) is 0 Å². The highest BCUT2D eigenvalue weighted by atomic mass is 16.5. The molecule has 0 bridgehead atoms. The predicted octanol–water partition coefficient (Wildman–Crippen LogP) is 0.708. The first-order chi connectivity index (χ1) is 7.60. The molecule has 0 spiro atoms. The van der Waals surface area contributed by atoms with Crippen molar-refractivity contribution >= 4 is 17.7 Å². The molecular weight excluding hydrogens is 212 g/mol. The van der Waals surface area contributed by atoms with Gasteiger partial charge < -0.3 is 9.47 Å². The van der Waals surface area contributed by atoms with E-state index in [1.165, 1.54) is 0 Å². The number of ketones is 1. The van der Waals surface area contributed by atoms with Gasteiger partial charge in [0.05, 0.1) is 25.0 Å². The summed E-state index contributed by atoms with van der Waals surface area (Å²) in [5, 5.41) is 0. The summed E-state index contributed by atoms with van der Waals surface area (Å²) in [4.78, 5) is 34.3. The standard InChI is InChI=1S/C11H16O5/c1-3-15-10(13)8-5-7(12)6-9(8)11(14)16-4-2/h8-9H,3-6H2,1-2H3/t8-,9-/m0/s1. The molecule has 1 fully saturated rings. The summed E-state index contributed by atoms with van der Waals surface area (Å²) >= 11 is 0. The van der Waals surface area contributed by atoms with Crippen LogP contribution in [0.4, 0.5) is 0 Å². The van der Waals surface area contributed by atoms with E-state index in [2.05, 4.69) is 0 Å². The normalized spacial score (nSPS) is 24.2. The number of hydrogen-bond donors (Lipinski definition) is 0. The zero-order chi connectivity index (χ0) is 12.1. The number of Topliss-reactive ketones (excluding diaryl/α,β-unsaturated/α-hetero) is 1. The molecule has 0 amide bonds. The highest BCUT2D eigenvalue weighted by molar-refractivity contribution is 5.95. The first-order valence-corrected chi connectivity index (χ1v) is 5.45. The van der Waals surface area contributed by atoms with Crippen LogP contribution in [0.15, 0.2) is 0 Å². The molecule has 5 nitrogen and oxygen atoms in total. The van der Waals surface area contributed by atoms with Crippen molar-refractivity contribution in [2.75, 3.05) is 13.2 Å². The van der Waals surface area contributed by atoms with E-state index < -0.39 is 23.8 Å². The summed E-state index contributed by atoms with van der Waals surface area (Å²) in [5.74, 6) is -2.37. The number of carbonyl (C=O) groups is 3. The molecule has 0 N–H and O–H groups in total. The SMILES string of the molecule is CCOC(=O)[C@H]1CC(=O)C[C@@H]1C(=O)OCC. The maximum Gasteiger partial charge on any atom is 0.310 e. The van der Waals surface area contributed by atoms with Crippen LogP contribution in [-0.2, 0) is 23.9 Å². The lowest BCUT2D eigenvalue weighted by Crippen LogP contribution is -2.28. The van der Waals surface area contributed by atoms with Gasteiger partial charge >= 0.3 is 11.9 Å². The fourth-order valence-corrected chi connectivity index (χ4v) is 1.85. The molecule has 0 aromatic rings. The lowest BCUT2D eigenvalue weighted by molar-refractivity contribution is -0.158. The molecule has 1 aliphatic rings. The average Bonchev–Trinajstić information content (AvgIpc) is 2.61. The Morgan fingerprint density at radius 2 is 1.44 bits per heavy atom. The number of carbonyl (C=O) groups excluding carboxylic acids is 3. The number of rotatable bonds is 4. The van der Waals surface area contributed by atoms with Crippen molar-refractivity contribution in [1.82, 2.24) is 0 Å². The van der Waals surface area contributed by atoms with Gasteiger partial charge in [-0.2, -0.15) is 0 Å². The maximum absolute atomic E-state index is 11.5. The fourth-order valence-electron chi connectivity index (χ4n) is 1.85. The van der Waals surface area contributed by atoms with Crippen molar-refractivity contribution in [3.8, 4) is 0 Å². The third kappa shape index (κ3) is 2.81. The molecule has 0 unspecified atom stereocenters. The van der Waals surface area contributed by atoms with E-state index in [1.807, 2.05) is 0 Å². The molecule has 1 saturated carbocycles. The molecule has 0 saturated heterocycles. The summed E-state index contributed by atoms with van der Waals surface area (Å²) in [7, 11) is 0. The number of hydrogen-bond acceptors (Lipinski definition) is 5. The molecule has 0 radical (unpaired) electrons. The van der Waals surface area contributed by atoms with Gasteiger partial charge in [-0.25, -0.2) is 0 Å². The van der Waals surface area contributed by atoms with E-state index in [9.17, 15) is 14.4 Å². The minimum atomic E-state index is -0.661. The fraction of sp³-hybridized carbons (Fsp3) is 0.727. The van der Waals surface area contributed by atoms with Gasteiger partial charge in [0, 0.05) is 12.8 Å². The third-order valence-electron chi connectivity index (χ3n) is 2.56. The van der Waals surface area contributed by atoms with Gasteiger partial charge in [-0.3, -0.25) is 14.4 Å². The van der Waals surface area contributed by atoms with Gasteiger partial charge in [0.15, 0.2) is 0 Å². The van der Waals surface area contributed by atoms with Crippen LogP contribution in [0.3, 0.4) is 0 Å². The molecular formula is C11H16O5. The molecule has 0 aromatic heterocycles. The quantitative estimate of drug-likeness (QED) is 0.663. The van der Waals surface area contributed by atoms with Crippen LogP contribution in [-0.4, -0.2) is 30.9 Å². The molecule has 0 heterocycles. The Hall–Kier alpha value is -1.39. The molecule has 0 aromatic carbocycles. The molecule has 1 aliphatic carbocycles. The van der Waals surface area contributed by atoms with Crippen molar-refractivity contribution in [3.05, 3.63) is 0 Å². The Morgan fingerprint density at radius 1 is 1.06 bits per heavy atom. The third-order valence-corrected chi connectivity index (χ3v) is 2.56. The number of ether oxygens (including phenoxy) is 2. The van der Waals surface area contributed by atoms with Crippen LogP contribution < -0.4 is 0 Å². The Balaban J connectivity index is 2.69. The van der Waals surface area contributed by atoms with Crippen LogP contribution in [0, 0.1) is 11.8 Å². The summed E-state index contributed by atoms with van der Waals surface area (Å²) in [6.07, 6.45) is 0.171. The van der Waals surface area contributed by atoms with Gasteiger partial charge in [0.1, 0.15) is 5.78 Å². The minimum absolute atomic E-state index is 0.0856. The Morgan fingerprint density at radius 3 is 1.75 bits per heavy atom. The second-order valence-corrected chi connectivity index (χ2v) is 3.66. The second kappa shape index (κ2) is 5.63. The predicted molar refractivity (Wildman–Crippen MR) is 54.5 cm³/mol. The van der Waals surface area contributed by atoms with Crippen molar-refractivity contribution in [1.29, 1.82) is 0 Å². The van der Waals surface area contributed by atoms with Crippen LogP contribution in [0.25, 0.3) is 0 Å². The van der Waals surface area contributed by atoms with E-state index in [-0.39, 0.29) is 31.8 Å². The lowest BCUT2D eigenvalue weighted by Gasteiger charge is -2.15. The van der Waals surface area contributed by atoms with Gasteiger partial charge in [0.25, 0.3) is 0 Å². The summed E-state index contributed by atoms with van der Waals surface area (Å²) in [5.41, 5.74) is 0. The molecule has 1 rings (SSSR count). The number of esters is 2. The lowest BCUT2D eigenvalue weighted by atomic mass is 9.96. The smallest absolute Gasteiger partial charge is 0.310 e. The summed E-state index contributed by atoms with van der Waals surface area (Å²) in [6.45, 7) is 3.88. The van der Waals surface area contributed by atoms with Crippen LogP contribution in [0.1, 0.15) is 26.7 Å². The van der Waals surface area contributed by atoms with Gasteiger partial charge in [-0.05, 0) is 13.8 Å². The van der Waals surface area contributed by atoms with E-state index >= 15 is 0 Å². The minimum Gasteiger partial charge on any atom is -0.466 e. The molecule has 16 heavy (non-hydrogen) atoms. The van der Waals surface area contributed by atoms with E-state index in [1.54, 1.807) is 13.8 Å². The highest BCUT2D eigenvalue weighted by Gasteiger charge is 2.43. The van der Waals surface area contributed by atoms with Gasteiger partial charge in [-0.15, -0.1) is 0 Å². The largest absolute Gasteiger partial charge is 0.466 e. The molecule has 2 atom stereocenters. The van der Waals surface area contributed by atoms with E-state index in [0.29, 0.717) is 0 Å². The van der Waals surface area contributed by atoms with Crippen molar-refractivity contribution in [2.24, 2.45) is 11.8 Å². The van der Waals surface area contributed by atoms with E-state index in [0.717, 1.165) is 0 Å². The molecule has 90 valence electrons. The zero-order valence-electron chi connectivity index (χ0n) is 9.52. The van der Waals surface area contributed by atoms with E-state index in [4.69, 9.17) is 9.47 Å². The Kier molecular flexibility index (Phi) is 4.46. The average molecular weight is 228 g/mol. The first kappa shape index (κ1) is 12.7. The monoisotopic (exact) mass is 228 g/mol. The van der Waals surface area contributed by atoms with Crippen molar-refractivity contribution in [2.45, 2.75) is 26.7 Å². The van der Waals surface area contributed by atoms with Gasteiger partial charge in [-0.1, -0.05) is 0 Å². The summed E-state index contributed by atoms with van der Waals surface area (Å²) < 4.78 is 9.67.